The second kappa shape index (κ2) is 4.14. The standard InChI is InChI=1S/C13H13N3O/c17-13(11-2-1-5-14-9-11)16-7-4-10-8-15-6-3-12(10)16/h1-2,4-5,7,9,15H,3,6,8H2. The van der Waals surface area contributed by atoms with Crippen molar-refractivity contribution in [3.8, 4) is 0 Å². The number of nitrogens with one attached hydrogen (secondary N) is 1. The first-order valence-corrected chi connectivity index (χ1v) is 5.71. The number of hydrogen-bond acceptors (Lipinski definition) is 3. The average Bonchev–Trinajstić information content (AvgIpc) is 2.83. The molecule has 0 saturated carbocycles. The zero-order valence-electron chi connectivity index (χ0n) is 9.39. The van der Waals surface area contributed by atoms with E-state index in [1.807, 2.05) is 12.3 Å². The van der Waals surface area contributed by atoms with E-state index in [0.717, 1.165) is 25.2 Å². The third-order valence-corrected chi connectivity index (χ3v) is 3.07. The van der Waals surface area contributed by atoms with Gasteiger partial charge in [0.05, 0.1) is 5.56 Å². The summed E-state index contributed by atoms with van der Waals surface area (Å²) in [5.74, 6) is 0.00116. The molecule has 4 nitrogen and oxygen atoms in total. The Balaban J connectivity index is 2.00. The van der Waals surface area contributed by atoms with E-state index >= 15 is 0 Å². The summed E-state index contributed by atoms with van der Waals surface area (Å²) in [7, 11) is 0. The first-order valence-electron chi connectivity index (χ1n) is 5.71. The molecule has 17 heavy (non-hydrogen) atoms. The van der Waals surface area contributed by atoms with Crippen molar-refractivity contribution in [2.75, 3.05) is 6.54 Å². The quantitative estimate of drug-likeness (QED) is 0.796. The van der Waals surface area contributed by atoms with Crippen LogP contribution in [0.25, 0.3) is 0 Å². The monoisotopic (exact) mass is 227 g/mol. The van der Waals surface area contributed by atoms with Gasteiger partial charge < -0.3 is 5.32 Å². The number of carbonyl (C=O) groups is 1. The summed E-state index contributed by atoms with van der Waals surface area (Å²) in [5.41, 5.74) is 2.97. The predicted octanol–water partition coefficient (Wildman–Crippen LogP) is 1.22. The van der Waals surface area contributed by atoms with Gasteiger partial charge in [0.25, 0.3) is 5.91 Å². The minimum Gasteiger partial charge on any atom is -0.312 e. The molecule has 0 amide bonds. The number of pyridine rings is 1. The normalized spacial score (nSPS) is 14.4. The molecule has 3 heterocycles. The lowest BCUT2D eigenvalue weighted by Gasteiger charge is -2.15. The Morgan fingerprint density at radius 1 is 1.41 bits per heavy atom. The van der Waals surface area contributed by atoms with Crippen LogP contribution in [0.1, 0.15) is 21.6 Å². The van der Waals surface area contributed by atoms with Gasteiger partial charge in [-0.3, -0.25) is 14.3 Å². The van der Waals surface area contributed by atoms with Crippen molar-refractivity contribution in [2.24, 2.45) is 0 Å². The average molecular weight is 227 g/mol. The van der Waals surface area contributed by atoms with Crippen LogP contribution in [0.15, 0.2) is 36.8 Å². The molecule has 4 heteroatoms. The van der Waals surface area contributed by atoms with Crippen molar-refractivity contribution in [1.29, 1.82) is 0 Å². The van der Waals surface area contributed by atoms with Crippen LogP contribution in [0.2, 0.25) is 0 Å². The zero-order valence-corrected chi connectivity index (χ0v) is 9.39. The summed E-state index contributed by atoms with van der Waals surface area (Å²) in [6, 6.07) is 5.59. The van der Waals surface area contributed by atoms with Crippen LogP contribution >= 0.6 is 0 Å². The van der Waals surface area contributed by atoms with E-state index in [-0.39, 0.29) is 5.91 Å². The van der Waals surface area contributed by atoms with Crippen molar-refractivity contribution in [3.63, 3.8) is 0 Å². The smallest absolute Gasteiger partial charge is 0.263 e. The van der Waals surface area contributed by atoms with E-state index in [2.05, 4.69) is 10.3 Å². The Bertz CT molecular complexity index is 545. The topological polar surface area (TPSA) is 46.9 Å². The lowest BCUT2D eigenvalue weighted by atomic mass is 10.1. The second-order valence-corrected chi connectivity index (χ2v) is 4.13. The van der Waals surface area contributed by atoms with Crippen LogP contribution in [-0.4, -0.2) is 22.0 Å². The molecule has 0 radical (unpaired) electrons. The molecule has 0 unspecified atom stereocenters. The maximum atomic E-state index is 12.3. The van der Waals surface area contributed by atoms with Crippen LogP contribution in [0.5, 0.6) is 0 Å². The minimum atomic E-state index is 0.00116. The Morgan fingerprint density at radius 3 is 3.18 bits per heavy atom. The summed E-state index contributed by atoms with van der Waals surface area (Å²) >= 11 is 0. The van der Waals surface area contributed by atoms with Gasteiger partial charge in [-0.25, -0.2) is 0 Å². The fraction of sp³-hybridized carbons (Fsp3) is 0.231. The van der Waals surface area contributed by atoms with E-state index in [1.165, 1.54) is 5.56 Å². The van der Waals surface area contributed by atoms with Gasteiger partial charge in [0.1, 0.15) is 0 Å². The van der Waals surface area contributed by atoms with Crippen molar-refractivity contribution in [1.82, 2.24) is 14.9 Å². The van der Waals surface area contributed by atoms with Crippen LogP contribution < -0.4 is 5.32 Å². The second-order valence-electron chi connectivity index (χ2n) is 4.13. The molecule has 1 N–H and O–H groups in total. The van der Waals surface area contributed by atoms with Gasteiger partial charge in [-0.2, -0.15) is 0 Å². The summed E-state index contributed by atoms with van der Waals surface area (Å²) in [4.78, 5) is 16.3. The molecule has 0 fully saturated rings. The maximum Gasteiger partial charge on any atom is 0.263 e. The van der Waals surface area contributed by atoms with Gasteiger partial charge in [0.15, 0.2) is 0 Å². The Hall–Kier alpha value is -1.94. The third-order valence-electron chi connectivity index (χ3n) is 3.07. The fourth-order valence-electron chi connectivity index (χ4n) is 2.20. The van der Waals surface area contributed by atoms with Gasteiger partial charge in [-0.1, -0.05) is 0 Å². The molecule has 3 rings (SSSR count). The SMILES string of the molecule is O=C(c1cccnc1)n1ccc2c1CCNC2. The summed E-state index contributed by atoms with van der Waals surface area (Å²) in [6.45, 7) is 1.78. The zero-order chi connectivity index (χ0) is 11.7. The van der Waals surface area contributed by atoms with Crippen LogP contribution in [0.4, 0.5) is 0 Å². The maximum absolute atomic E-state index is 12.3. The van der Waals surface area contributed by atoms with Gasteiger partial charge in [0, 0.05) is 43.8 Å². The molecule has 1 aliphatic rings. The molecular weight excluding hydrogens is 214 g/mol. The van der Waals surface area contributed by atoms with Gasteiger partial charge in [0.2, 0.25) is 0 Å². The molecule has 2 aromatic heterocycles. The largest absolute Gasteiger partial charge is 0.312 e. The van der Waals surface area contributed by atoms with Crippen molar-refractivity contribution in [3.05, 3.63) is 53.6 Å². The first kappa shape index (κ1) is 10.2. The molecule has 0 saturated heterocycles. The van der Waals surface area contributed by atoms with Crippen molar-refractivity contribution < 1.29 is 4.79 Å². The van der Waals surface area contributed by atoms with Gasteiger partial charge >= 0.3 is 0 Å². The predicted molar refractivity (Wildman–Crippen MR) is 63.8 cm³/mol. The molecule has 0 aromatic carbocycles. The van der Waals surface area contributed by atoms with Gasteiger partial charge in [-0.05, 0) is 23.8 Å². The molecule has 0 atom stereocenters. The molecule has 0 aliphatic carbocycles. The summed E-state index contributed by atoms with van der Waals surface area (Å²) in [5, 5.41) is 3.30. The molecule has 86 valence electrons. The molecular formula is C13H13N3O. The van der Waals surface area contributed by atoms with Crippen molar-refractivity contribution in [2.45, 2.75) is 13.0 Å². The number of aromatic nitrogens is 2. The van der Waals surface area contributed by atoms with E-state index in [1.54, 1.807) is 29.1 Å². The lowest BCUT2D eigenvalue weighted by molar-refractivity contribution is 0.0956. The van der Waals surface area contributed by atoms with Crippen LogP contribution in [0.3, 0.4) is 0 Å². The van der Waals surface area contributed by atoms with Gasteiger partial charge in [-0.15, -0.1) is 0 Å². The number of nitrogens with zero attached hydrogens (tertiary/aromatic N) is 2. The first-order chi connectivity index (χ1) is 8.36. The highest BCUT2D eigenvalue weighted by molar-refractivity contribution is 5.96. The molecule has 2 aromatic rings. The summed E-state index contributed by atoms with van der Waals surface area (Å²) in [6.07, 6.45) is 6.03. The number of rotatable bonds is 1. The van der Waals surface area contributed by atoms with E-state index < -0.39 is 0 Å². The van der Waals surface area contributed by atoms with E-state index in [9.17, 15) is 4.79 Å². The molecule has 0 spiro atoms. The minimum absolute atomic E-state index is 0.00116. The number of hydrogen-bond donors (Lipinski definition) is 1. The highest BCUT2D eigenvalue weighted by Crippen LogP contribution is 2.16. The van der Waals surface area contributed by atoms with E-state index in [4.69, 9.17) is 0 Å². The Morgan fingerprint density at radius 2 is 2.35 bits per heavy atom. The number of fused-ring (bicyclic) bond motifs is 1. The Labute approximate surface area is 99.3 Å². The van der Waals surface area contributed by atoms with Crippen LogP contribution in [0, 0.1) is 0 Å². The highest BCUT2D eigenvalue weighted by Gasteiger charge is 2.17. The van der Waals surface area contributed by atoms with Crippen molar-refractivity contribution >= 4 is 5.91 Å². The van der Waals surface area contributed by atoms with E-state index in [0.29, 0.717) is 5.56 Å². The Kier molecular flexibility index (Phi) is 2.49. The molecule has 1 aliphatic heterocycles. The summed E-state index contributed by atoms with van der Waals surface area (Å²) < 4.78 is 1.74. The number of carbonyl (C=O) groups excluding carboxylic acids is 1. The third kappa shape index (κ3) is 1.76. The highest BCUT2D eigenvalue weighted by atomic mass is 16.2. The fourth-order valence-corrected chi connectivity index (χ4v) is 2.20. The van der Waals surface area contributed by atoms with Crippen LogP contribution in [-0.2, 0) is 13.0 Å². The molecule has 0 bridgehead atoms. The lowest BCUT2D eigenvalue weighted by Crippen LogP contribution is -2.26.